The first-order valence-electron chi connectivity index (χ1n) is 12.5. The van der Waals surface area contributed by atoms with Crippen molar-refractivity contribution in [1.82, 2.24) is 0 Å². The van der Waals surface area contributed by atoms with Crippen molar-refractivity contribution in [2.24, 2.45) is 0 Å². The molecule has 0 saturated heterocycles. The summed E-state index contributed by atoms with van der Waals surface area (Å²) in [6.07, 6.45) is 17.2. The van der Waals surface area contributed by atoms with Gasteiger partial charge in [-0.3, -0.25) is 0 Å². The molecule has 0 saturated carbocycles. The number of rotatable bonds is 0. The van der Waals surface area contributed by atoms with Crippen LogP contribution in [0.15, 0.2) is 134 Å². The van der Waals surface area contributed by atoms with E-state index in [1.165, 1.54) is 65.3 Å². The lowest BCUT2D eigenvalue weighted by Gasteiger charge is -2.20. The molecule has 4 bridgehead atoms. The summed E-state index contributed by atoms with van der Waals surface area (Å²) in [5.41, 5.74) is 5.14. The van der Waals surface area contributed by atoms with Gasteiger partial charge < -0.3 is 0 Å². The van der Waals surface area contributed by atoms with E-state index in [1.807, 2.05) is 0 Å². The van der Waals surface area contributed by atoms with Crippen molar-refractivity contribution in [3.63, 3.8) is 0 Å². The molecule has 0 aliphatic heterocycles. The number of allylic oxidation sites excluding steroid dienone is 6. The van der Waals surface area contributed by atoms with E-state index in [2.05, 4.69) is 146 Å². The Balaban J connectivity index is 1.82. The zero-order chi connectivity index (χ0) is 23.9. The van der Waals surface area contributed by atoms with Crippen LogP contribution in [-0.2, 0) is 0 Å². The van der Waals surface area contributed by atoms with Crippen LogP contribution in [0.2, 0.25) is 0 Å². The lowest BCUT2D eigenvalue weighted by Crippen LogP contribution is -1.94. The van der Waals surface area contributed by atoms with E-state index in [9.17, 15) is 0 Å². The summed E-state index contributed by atoms with van der Waals surface area (Å²) in [6.45, 7) is 0. The minimum atomic E-state index is 1.26. The molecule has 168 valence electrons. The Bertz CT molecular complexity index is 1670. The lowest BCUT2D eigenvalue weighted by molar-refractivity contribution is 1.70. The Morgan fingerprint density at radius 3 is 0.806 bits per heavy atom. The van der Waals surface area contributed by atoms with Crippen molar-refractivity contribution < 1.29 is 0 Å². The van der Waals surface area contributed by atoms with Crippen molar-refractivity contribution in [2.45, 2.75) is 0 Å². The van der Waals surface area contributed by atoms with Crippen molar-refractivity contribution in [3.05, 3.63) is 145 Å². The predicted molar refractivity (Wildman–Crippen MR) is 158 cm³/mol. The van der Waals surface area contributed by atoms with Crippen LogP contribution in [0.1, 0.15) is 11.1 Å². The molecule has 0 N–H and O–H groups in total. The third-order valence-corrected chi connectivity index (χ3v) is 7.28. The minimum Gasteiger partial charge on any atom is -0.0623 e. The van der Waals surface area contributed by atoms with Crippen LogP contribution in [0, 0.1) is 0 Å². The summed E-state index contributed by atoms with van der Waals surface area (Å²) in [7, 11) is 0. The maximum absolute atomic E-state index is 2.29. The zero-order valence-electron chi connectivity index (χ0n) is 19.9. The maximum Gasteiger partial charge on any atom is -0.00139 e. The summed E-state index contributed by atoms with van der Waals surface area (Å²) in [5, 5.41) is 10.2. The van der Waals surface area contributed by atoms with Crippen molar-refractivity contribution in [1.29, 1.82) is 0 Å². The first kappa shape index (κ1) is 20.7. The Morgan fingerprint density at radius 1 is 0.250 bits per heavy atom. The molecule has 2 aliphatic carbocycles. The lowest BCUT2D eigenvalue weighted by atomic mass is 9.83. The van der Waals surface area contributed by atoms with Crippen molar-refractivity contribution in [2.75, 3.05) is 0 Å². The Morgan fingerprint density at radius 2 is 0.500 bits per heavy atom. The highest BCUT2D eigenvalue weighted by atomic mass is 14.2. The molecule has 0 atom stereocenters. The largest absolute Gasteiger partial charge is 0.0623 e. The topological polar surface area (TPSA) is 0 Å². The monoisotopic (exact) mass is 456 g/mol. The third-order valence-electron chi connectivity index (χ3n) is 7.28. The van der Waals surface area contributed by atoms with Crippen LogP contribution in [0.3, 0.4) is 0 Å². The van der Waals surface area contributed by atoms with Crippen molar-refractivity contribution >= 4 is 55.2 Å². The van der Waals surface area contributed by atoms with Gasteiger partial charge in [-0.1, -0.05) is 146 Å². The fraction of sp³-hybridized carbons (Fsp3) is 0. The molecule has 0 aromatic heterocycles. The molecule has 0 heteroatoms. The van der Waals surface area contributed by atoms with Crippen molar-refractivity contribution in [3.8, 4) is 11.1 Å². The van der Waals surface area contributed by atoms with E-state index >= 15 is 0 Å². The van der Waals surface area contributed by atoms with E-state index < -0.39 is 0 Å². The summed E-state index contributed by atoms with van der Waals surface area (Å²) in [4.78, 5) is 0. The average Bonchev–Trinajstić information content (AvgIpc) is 2.93. The molecule has 2 aliphatic rings. The second-order valence-electron chi connectivity index (χ2n) is 9.25. The highest BCUT2D eigenvalue weighted by Crippen LogP contribution is 2.46. The standard InChI is InChI=1S/C36H24/c1-2-4-6-16-26-29-19-9-13-23-33(29)36(34-24-14-10-20-30(26)34)35-31-21-11-7-17-27(31)25(15-5-3-1)28-18-8-12-22-32(28)35/h1-24H/b2-1?,3-1-,4-2-,5-3?,6-4?,15-5-,16-6-,25-15?,26-16?,36-35?. The van der Waals surface area contributed by atoms with E-state index in [0.29, 0.717) is 0 Å². The van der Waals surface area contributed by atoms with E-state index in [0.717, 1.165) is 0 Å². The number of hydrogen-bond donors (Lipinski definition) is 0. The van der Waals surface area contributed by atoms with Crippen LogP contribution < -0.4 is 0 Å². The highest BCUT2D eigenvalue weighted by Gasteiger charge is 2.19. The predicted octanol–water partition coefficient (Wildman–Crippen LogP) is 10.1. The number of hydrogen-bond acceptors (Lipinski definition) is 0. The molecular weight excluding hydrogens is 432 g/mol. The van der Waals surface area contributed by atoms with Gasteiger partial charge in [-0.15, -0.1) is 0 Å². The summed E-state index contributed by atoms with van der Waals surface area (Å²) >= 11 is 0. The van der Waals surface area contributed by atoms with Gasteiger partial charge in [-0.05, 0) is 65.3 Å². The summed E-state index contributed by atoms with van der Waals surface area (Å²) < 4.78 is 0. The molecular formula is C36H24. The number of fused-ring (bicyclic) bond motifs is 4. The fourth-order valence-electron chi connectivity index (χ4n) is 5.78. The minimum absolute atomic E-state index is 1.26. The van der Waals surface area contributed by atoms with Gasteiger partial charge in [0.15, 0.2) is 0 Å². The normalized spacial score (nSPS) is 16.7. The molecule has 0 unspecified atom stereocenters. The summed E-state index contributed by atoms with van der Waals surface area (Å²) in [6, 6.07) is 35.5. The summed E-state index contributed by atoms with van der Waals surface area (Å²) in [5.74, 6) is 0. The maximum atomic E-state index is 2.29. The second kappa shape index (κ2) is 8.52. The molecule has 0 spiro atoms. The number of benzene rings is 6. The average molecular weight is 457 g/mol. The molecule has 8 rings (SSSR count). The zero-order valence-corrected chi connectivity index (χ0v) is 19.9. The molecule has 36 heavy (non-hydrogen) atoms. The molecule has 0 heterocycles. The SMILES string of the molecule is C1=C\C=C/c2c3ccccc3c(c3ccccc23)-c2c3ccccc3c(c3ccccc23)/C=C\C=C/1. The smallest absolute Gasteiger partial charge is 0.00139 e. The second-order valence-corrected chi connectivity index (χ2v) is 9.25. The van der Waals surface area contributed by atoms with Gasteiger partial charge in [0.05, 0.1) is 0 Å². The quantitative estimate of drug-likeness (QED) is 0.199. The first-order valence-corrected chi connectivity index (χ1v) is 12.5. The Labute approximate surface area is 210 Å². The van der Waals surface area contributed by atoms with Crippen LogP contribution in [0.4, 0.5) is 0 Å². The first-order chi connectivity index (χ1) is 17.9. The van der Waals surface area contributed by atoms with Gasteiger partial charge in [-0.2, -0.15) is 0 Å². The van der Waals surface area contributed by atoms with Crippen LogP contribution >= 0.6 is 0 Å². The van der Waals surface area contributed by atoms with Gasteiger partial charge in [0.2, 0.25) is 0 Å². The molecule has 0 fully saturated rings. The Hall–Kier alpha value is -4.68. The van der Waals surface area contributed by atoms with Gasteiger partial charge in [0.1, 0.15) is 0 Å². The van der Waals surface area contributed by atoms with Gasteiger partial charge in [-0.25, -0.2) is 0 Å². The van der Waals surface area contributed by atoms with Crippen LogP contribution in [0.25, 0.3) is 66.4 Å². The molecule has 0 amide bonds. The molecule has 6 aromatic carbocycles. The van der Waals surface area contributed by atoms with Gasteiger partial charge in [0.25, 0.3) is 0 Å². The van der Waals surface area contributed by atoms with E-state index in [1.54, 1.807) is 0 Å². The molecule has 0 nitrogen and oxygen atoms in total. The van der Waals surface area contributed by atoms with E-state index in [-0.39, 0.29) is 0 Å². The van der Waals surface area contributed by atoms with Crippen LogP contribution in [0.5, 0.6) is 0 Å². The van der Waals surface area contributed by atoms with Gasteiger partial charge >= 0.3 is 0 Å². The highest BCUT2D eigenvalue weighted by molar-refractivity contribution is 6.26. The fourth-order valence-corrected chi connectivity index (χ4v) is 5.78. The molecule has 0 radical (unpaired) electrons. The third kappa shape index (κ3) is 3.16. The van der Waals surface area contributed by atoms with Gasteiger partial charge in [0, 0.05) is 0 Å². The Kier molecular flexibility index (Phi) is 4.89. The van der Waals surface area contributed by atoms with Crippen LogP contribution in [-0.4, -0.2) is 0 Å². The molecule has 6 aromatic rings. The van der Waals surface area contributed by atoms with E-state index in [4.69, 9.17) is 0 Å².